The molecule has 2 nitrogen and oxygen atoms in total. The zero-order chi connectivity index (χ0) is 15.2. The summed E-state index contributed by atoms with van der Waals surface area (Å²) in [5, 5.41) is 0. The lowest BCUT2D eigenvalue weighted by Gasteiger charge is -1.99. The Hall–Kier alpha value is -2.35. The smallest absolute Gasteiger partial charge is 0.336 e. The maximum absolute atomic E-state index is 11.5. The van der Waals surface area contributed by atoms with Crippen LogP contribution in [0.15, 0.2) is 78.9 Å². The van der Waals surface area contributed by atoms with E-state index in [1.165, 1.54) is 6.08 Å². The number of esters is 1. The van der Waals surface area contributed by atoms with Gasteiger partial charge in [0.25, 0.3) is 0 Å². The fraction of sp³-hybridized carbons (Fsp3) is 0.167. The van der Waals surface area contributed by atoms with Crippen molar-refractivity contribution >= 4 is 5.97 Å². The maximum Gasteiger partial charge on any atom is 0.336 e. The minimum Gasteiger partial charge on any atom is -0.423 e. The second kappa shape index (κ2) is 11.7. The Morgan fingerprint density at radius 2 is 1.75 bits per heavy atom. The molecule has 106 valence electrons. The zero-order valence-electron chi connectivity index (χ0n) is 12.4. The molecule has 0 atom stereocenters. The Morgan fingerprint density at radius 3 is 2.30 bits per heavy atom. The van der Waals surface area contributed by atoms with Gasteiger partial charge in [0.05, 0.1) is 0 Å². The molecule has 2 heteroatoms. The second-order valence-corrected chi connectivity index (χ2v) is 3.45. The minimum atomic E-state index is -0.396. The molecular weight excluding hydrogens is 248 g/mol. The molecule has 0 bridgehead atoms. The number of carbonyl (C=O) groups is 1. The van der Waals surface area contributed by atoms with Crippen LogP contribution in [0.1, 0.15) is 20.8 Å². The Morgan fingerprint density at radius 1 is 1.10 bits per heavy atom. The molecule has 0 heterocycles. The molecule has 0 radical (unpaired) electrons. The highest BCUT2D eigenvalue weighted by atomic mass is 16.5. The zero-order valence-corrected chi connectivity index (χ0v) is 12.4. The molecule has 1 rings (SSSR count). The van der Waals surface area contributed by atoms with Crippen LogP contribution in [0.2, 0.25) is 0 Å². The maximum atomic E-state index is 11.5. The first-order chi connectivity index (χ1) is 9.76. The summed E-state index contributed by atoms with van der Waals surface area (Å²) in [6, 6.07) is 8.97. The average Bonchev–Trinajstić information content (AvgIpc) is 2.50. The number of benzene rings is 1. The van der Waals surface area contributed by atoms with Gasteiger partial charge in [-0.3, -0.25) is 0 Å². The quantitative estimate of drug-likeness (QED) is 0.330. The fourth-order valence-electron chi connectivity index (χ4n) is 1.23. The third-order valence-corrected chi connectivity index (χ3v) is 2.13. The number of carbonyl (C=O) groups excluding carboxylic acids is 1. The van der Waals surface area contributed by atoms with E-state index in [1.807, 2.05) is 57.2 Å². The van der Waals surface area contributed by atoms with Gasteiger partial charge < -0.3 is 4.74 Å². The second-order valence-electron chi connectivity index (χ2n) is 3.45. The van der Waals surface area contributed by atoms with Crippen molar-refractivity contribution in [3.8, 4) is 5.75 Å². The van der Waals surface area contributed by atoms with Crippen LogP contribution in [0.4, 0.5) is 0 Å². The van der Waals surface area contributed by atoms with Crippen molar-refractivity contribution in [3.63, 3.8) is 0 Å². The number of allylic oxidation sites excluding steroid dienone is 6. The van der Waals surface area contributed by atoms with Crippen molar-refractivity contribution in [1.82, 2.24) is 0 Å². The van der Waals surface area contributed by atoms with Crippen LogP contribution < -0.4 is 4.74 Å². The molecule has 0 aliphatic carbocycles. The predicted octanol–water partition coefficient (Wildman–Crippen LogP) is 4.86. The Bertz CT molecular complexity index is 479. The van der Waals surface area contributed by atoms with E-state index in [4.69, 9.17) is 4.74 Å². The first kappa shape index (κ1) is 17.6. The van der Waals surface area contributed by atoms with Gasteiger partial charge in [0.2, 0.25) is 0 Å². The highest BCUT2D eigenvalue weighted by molar-refractivity contribution is 5.84. The van der Waals surface area contributed by atoms with Crippen LogP contribution in [-0.4, -0.2) is 5.97 Å². The highest BCUT2D eigenvalue weighted by Gasteiger charge is 1.98. The number of hydrogen-bond acceptors (Lipinski definition) is 2. The van der Waals surface area contributed by atoms with Crippen molar-refractivity contribution in [2.75, 3.05) is 0 Å². The summed E-state index contributed by atoms with van der Waals surface area (Å²) in [7, 11) is 0. The van der Waals surface area contributed by atoms with Crippen LogP contribution in [-0.2, 0) is 4.79 Å². The molecule has 1 aromatic carbocycles. The minimum absolute atomic E-state index is 0.396. The van der Waals surface area contributed by atoms with Crippen LogP contribution in [0.3, 0.4) is 0 Å². The summed E-state index contributed by atoms with van der Waals surface area (Å²) in [5.41, 5.74) is 0.917. The lowest BCUT2D eigenvalue weighted by atomic mass is 10.2. The van der Waals surface area contributed by atoms with Gasteiger partial charge >= 0.3 is 5.97 Å². The fourth-order valence-corrected chi connectivity index (χ4v) is 1.23. The van der Waals surface area contributed by atoms with Crippen molar-refractivity contribution in [2.24, 2.45) is 0 Å². The molecule has 0 aliphatic heterocycles. The van der Waals surface area contributed by atoms with Crippen LogP contribution in [0, 0.1) is 0 Å². The summed E-state index contributed by atoms with van der Waals surface area (Å²) in [6.07, 6.45) is 10.3. The summed E-state index contributed by atoms with van der Waals surface area (Å²) < 4.78 is 5.12. The van der Waals surface area contributed by atoms with E-state index in [-0.39, 0.29) is 0 Å². The van der Waals surface area contributed by atoms with Gasteiger partial charge in [-0.1, -0.05) is 62.9 Å². The van der Waals surface area contributed by atoms with E-state index in [1.54, 1.807) is 24.3 Å². The molecule has 0 spiro atoms. The van der Waals surface area contributed by atoms with Gasteiger partial charge in [0, 0.05) is 6.08 Å². The first-order valence-corrected chi connectivity index (χ1v) is 6.66. The van der Waals surface area contributed by atoms with Gasteiger partial charge in [0.15, 0.2) is 0 Å². The highest BCUT2D eigenvalue weighted by Crippen LogP contribution is 2.09. The molecule has 0 saturated heterocycles. The van der Waals surface area contributed by atoms with E-state index in [0.29, 0.717) is 5.75 Å². The van der Waals surface area contributed by atoms with E-state index >= 15 is 0 Å². The van der Waals surface area contributed by atoms with Gasteiger partial charge in [-0.2, -0.15) is 0 Å². The number of ether oxygens (including phenoxy) is 1. The Kier molecular flexibility index (Phi) is 10.3. The van der Waals surface area contributed by atoms with E-state index in [0.717, 1.165) is 5.57 Å². The molecule has 0 unspecified atom stereocenters. The third kappa shape index (κ3) is 7.88. The Balaban J connectivity index is 0.00000172. The molecule has 0 saturated carbocycles. The monoisotopic (exact) mass is 270 g/mol. The lowest BCUT2D eigenvalue weighted by molar-refractivity contribution is -0.128. The molecule has 0 amide bonds. The van der Waals surface area contributed by atoms with Gasteiger partial charge in [-0.15, -0.1) is 0 Å². The number of hydrogen-bond donors (Lipinski definition) is 0. The molecule has 0 aromatic heterocycles. The van der Waals surface area contributed by atoms with Gasteiger partial charge in [0.1, 0.15) is 5.75 Å². The predicted molar refractivity (Wildman–Crippen MR) is 85.7 cm³/mol. The largest absolute Gasteiger partial charge is 0.423 e. The van der Waals surface area contributed by atoms with Gasteiger partial charge in [-0.05, 0) is 30.7 Å². The van der Waals surface area contributed by atoms with Crippen LogP contribution in [0.25, 0.3) is 0 Å². The van der Waals surface area contributed by atoms with Gasteiger partial charge in [-0.25, -0.2) is 4.79 Å². The molecule has 1 aromatic rings. The molecule has 0 fully saturated rings. The lowest BCUT2D eigenvalue weighted by Crippen LogP contribution is -2.03. The van der Waals surface area contributed by atoms with E-state index in [9.17, 15) is 4.79 Å². The van der Waals surface area contributed by atoms with E-state index < -0.39 is 5.97 Å². The summed E-state index contributed by atoms with van der Waals surface area (Å²) in [5.74, 6) is 0.142. The van der Waals surface area contributed by atoms with Crippen LogP contribution >= 0.6 is 0 Å². The van der Waals surface area contributed by atoms with Crippen molar-refractivity contribution in [2.45, 2.75) is 20.8 Å². The van der Waals surface area contributed by atoms with Crippen LogP contribution in [0.5, 0.6) is 5.75 Å². The Labute approximate surface area is 121 Å². The summed E-state index contributed by atoms with van der Waals surface area (Å²) in [6.45, 7) is 9.49. The molecular formula is C18H22O2. The van der Waals surface area contributed by atoms with E-state index in [2.05, 4.69) is 6.58 Å². The summed E-state index contributed by atoms with van der Waals surface area (Å²) >= 11 is 0. The van der Waals surface area contributed by atoms with Crippen molar-refractivity contribution < 1.29 is 9.53 Å². The third-order valence-electron chi connectivity index (χ3n) is 2.13. The number of para-hydroxylation sites is 1. The first-order valence-electron chi connectivity index (χ1n) is 6.66. The normalized spacial score (nSPS) is 11.1. The topological polar surface area (TPSA) is 26.3 Å². The molecule has 0 aliphatic rings. The van der Waals surface area contributed by atoms with Crippen molar-refractivity contribution in [3.05, 3.63) is 78.9 Å². The SMILES string of the molecule is C=C\C=C/C(/C=C/C(=O)Oc1ccccc1)=C\C.CC. The molecule has 0 N–H and O–H groups in total. The summed E-state index contributed by atoms with van der Waals surface area (Å²) in [4.78, 5) is 11.5. The average molecular weight is 270 g/mol. The van der Waals surface area contributed by atoms with Crippen molar-refractivity contribution in [1.29, 1.82) is 0 Å². The molecule has 20 heavy (non-hydrogen) atoms. The number of rotatable bonds is 5. The standard InChI is InChI=1S/C16H16O2.C2H6/c1-3-5-9-14(4-2)12-13-16(17)18-15-10-7-6-8-11-15;1-2/h3-13H,1H2,2H3;1-2H3/b9-5-,13-12+,14-4+;.